The number of hydrogen-bond donors (Lipinski definition) is 2. The number of nitrogens with one attached hydrogen (secondary N) is 2. The number of thiophene rings is 1. The Kier molecular flexibility index (Phi) is 4.02. The molecule has 138 valence electrons. The molecule has 2 aliphatic rings. The molecule has 0 bridgehead atoms. The molecular weight excluding hydrogens is 380 g/mol. The Hall–Kier alpha value is -2.24. The Bertz CT molecular complexity index is 1040. The van der Waals surface area contributed by atoms with Crippen LogP contribution in [0.25, 0.3) is 11.3 Å². The van der Waals surface area contributed by atoms with E-state index >= 15 is 0 Å². The second-order valence-electron chi connectivity index (χ2n) is 7.32. The molecule has 4 nitrogen and oxygen atoms in total. The van der Waals surface area contributed by atoms with Gasteiger partial charge >= 0.3 is 0 Å². The van der Waals surface area contributed by atoms with Gasteiger partial charge < -0.3 is 15.1 Å². The molecule has 0 spiro atoms. The monoisotopic (exact) mass is 398 g/mol. The van der Waals surface area contributed by atoms with Crippen LogP contribution in [0.5, 0.6) is 0 Å². The van der Waals surface area contributed by atoms with Gasteiger partial charge in [0.05, 0.1) is 5.56 Å². The van der Waals surface area contributed by atoms with Gasteiger partial charge in [0, 0.05) is 15.5 Å². The van der Waals surface area contributed by atoms with Crippen molar-refractivity contribution in [1.82, 2.24) is 5.32 Å². The fourth-order valence-corrected chi connectivity index (χ4v) is 5.54. The van der Waals surface area contributed by atoms with Crippen molar-refractivity contribution in [3.8, 4) is 11.3 Å². The van der Waals surface area contributed by atoms with Crippen LogP contribution in [0.2, 0.25) is 5.02 Å². The Morgan fingerprint density at radius 2 is 2.11 bits per heavy atom. The third-order valence-corrected chi connectivity index (χ3v) is 6.73. The lowest BCUT2D eigenvalue weighted by molar-refractivity contribution is 0.0930. The molecule has 2 aromatic heterocycles. The fraction of sp³-hybridized carbons (Fsp3) is 0.286. The Morgan fingerprint density at radius 3 is 2.96 bits per heavy atom. The summed E-state index contributed by atoms with van der Waals surface area (Å²) in [5.41, 5.74) is 2.98. The van der Waals surface area contributed by atoms with E-state index in [-0.39, 0.29) is 12.1 Å². The van der Waals surface area contributed by atoms with Gasteiger partial charge in [-0.3, -0.25) is 4.79 Å². The Labute approximate surface area is 166 Å². The maximum Gasteiger partial charge on any atom is 0.256 e. The number of halogens is 1. The summed E-state index contributed by atoms with van der Waals surface area (Å²) in [5.74, 6) is 2.08. The summed E-state index contributed by atoms with van der Waals surface area (Å²) < 4.78 is 6.02. The number of fused-ring (bicyclic) bond motifs is 3. The van der Waals surface area contributed by atoms with Crippen molar-refractivity contribution in [3.63, 3.8) is 0 Å². The molecule has 3 heterocycles. The van der Waals surface area contributed by atoms with E-state index in [1.54, 1.807) is 11.3 Å². The summed E-state index contributed by atoms with van der Waals surface area (Å²) in [4.78, 5) is 14.1. The molecule has 1 aliphatic carbocycles. The number of anilines is 1. The molecule has 1 amide bonds. The standard InChI is InChI=1S/C21H19ClN2O2S/c1-11-5-6-14-17(9-11)27-21-18(14)20(25)23-19(24-21)16-8-7-15(26-16)12-3-2-4-13(22)10-12/h2-4,7-8,10-11,19,24H,5-6,9H2,1H3,(H,23,25)/t11-,19-/m0/s1. The zero-order chi connectivity index (χ0) is 18.5. The average Bonchev–Trinajstić information content (AvgIpc) is 3.26. The first-order valence-corrected chi connectivity index (χ1v) is 10.4. The highest BCUT2D eigenvalue weighted by Gasteiger charge is 2.34. The highest BCUT2D eigenvalue weighted by atomic mass is 35.5. The van der Waals surface area contributed by atoms with Gasteiger partial charge in [-0.25, -0.2) is 0 Å². The average molecular weight is 399 g/mol. The number of carbonyl (C=O) groups is 1. The Balaban J connectivity index is 1.45. The van der Waals surface area contributed by atoms with Crippen molar-refractivity contribution in [2.75, 3.05) is 5.32 Å². The minimum absolute atomic E-state index is 0.0125. The van der Waals surface area contributed by atoms with Crippen LogP contribution >= 0.6 is 22.9 Å². The van der Waals surface area contributed by atoms with Crippen LogP contribution in [0.15, 0.2) is 40.8 Å². The lowest BCUT2D eigenvalue weighted by Gasteiger charge is -2.25. The van der Waals surface area contributed by atoms with Crippen LogP contribution in [0, 0.1) is 5.92 Å². The quantitative estimate of drug-likeness (QED) is 0.587. The number of furan rings is 1. The van der Waals surface area contributed by atoms with E-state index in [1.165, 1.54) is 10.4 Å². The largest absolute Gasteiger partial charge is 0.457 e. The van der Waals surface area contributed by atoms with E-state index in [9.17, 15) is 4.79 Å². The lowest BCUT2D eigenvalue weighted by Crippen LogP contribution is -2.38. The second kappa shape index (κ2) is 6.43. The second-order valence-corrected chi connectivity index (χ2v) is 8.86. The maximum absolute atomic E-state index is 12.8. The molecule has 3 aromatic rings. The van der Waals surface area contributed by atoms with Gasteiger partial charge in [-0.2, -0.15) is 0 Å². The van der Waals surface area contributed by atoms with Gasteiger partial charge in [-0.1, -0.05) is 30.7 Å². The van der Waals surface area contributed by atoms with E-state index in [4.69, 9.17) is 16.0 Å². The van der Waals surface area contributed by atoms with Gasteiger partial charge in [0.15, 0.2) is 6.17 Å². The summed E-state index contributed by atoms with van der Waals surface area (Å²) in [5, 5.41) is 8.13. The molecule has 0 saturated heterocycles. The van der Waals surface area contributed by atoms with Crippen LogP contribution in [-0.2, 0) is 12.8 Å². The first-order chi connectivity index (χ1) is 13.1. The van der Waals surface area contributed by atoms with E-state index in [1.807, 2.05) is 36.4 Å². The SMILES string of the molecule is C[C@H]1CCc2c(sc3c2C(=O)N[C@H](c2ccc(-c4cccc(Cl)c4)o2)N3)C1. The number of benzene rings is 1. The van der Waals surface area contributed by atoms with Crippen molar-refractivity contribution in [1.29, 1.82) is 0 Å². The minimum Gasteiger partial charge on any atom is -0.457 e. The van der Waals surface area contributed by atoms with Gasteiger partial charge in [-0.05, 0) is 55.0 Å². The maximum atomic E-state index is 12.8. The molecule has 0 unspecified atom stereocenters. The number of amides is 1. The topological polar surface area (TPSA) is 54.3 Å². The molecule has 27 heavy (non-hydrogen) atoms. The first-order valence-electron chi connectivity index (χ1n) is 9.16. The van der Waals surface area contributed by atoms with Crippen LogP contribution in [0.1, 0.15) is 46.1 Å². The third kappa shape index (κ3) is 2.95. The number of rotatable bonds is 2. The summed E-state index contributed by atoms with van der Waals surface area (Å²) in [7, 11) is 0. The van der Waals surface area contributed by atoms with Crippen LogP contribution in [0.3, 0.4) is 0 Å². The van der Waals surface area contributed by atoms with E-state index in [0.717, 1.165) is 41.2 Å². The van der Waals surface area contributed by atoms with Crippen LogP contribution in [0.4, 0.5) is 5.00 Å². The van der Waals surface area contributed by atoms with Crippen LogP contribution < -0.4 is 10.6 Å². The van der Waals surface area contributed by atoms with E-state index < -0.39 is 0 Å². The molecule has 0 fully saturated rings. The predicted molar refractivity (Wildman–Crippen MR) is 108 cm³/mol. The highest BCUT2D eigenvalue weighted by Crippen LogP contribution is 2.42. The van der Waals surface area contributed by atoms with E-state index in [0.29, 0.717) is 16.7 Å². The molecule has 1 aromatic carbocycles. The predicted octanol–water partition coefficient (Wildman–Crippen LogP) is 5.64. The zero-order valence-electron chi connectivity index (χ0n) is 14.8. The number of carbonyl (C=O) groups excluding carboxylic acids is 1. The van der Waals surface area contributed by atoms with Crippen LogP contribution in [-0.4, -0.2) is 5.91 Å². The number of hydrogen-bond acceptors (Lipinski definition) is 4. The van der Waals surface area contributed by atoms with Crippen molar-refractivity contribution in [3.05, 3.63) is 63.2 Å². The smallest absolute Gasteiger partial charge is 0.256 e. The molecule has 2 atom stereocenters. The highest BCUT2D eigenvalue weighted by molar-refractivity contribution is 7.16. The molecular formula is C21H19ClN2O2S. The summed E-state index contributed by atoms with van der Waals surface area (Å²) in [6, 6.07) is 11.3. The normalized spacial score (nSPS) is 21.2. The summed E-state index contributed by atoms with van der Waals surface area (Å²) in [6.45, 7) is 2.28. The molecule has 0 radical (unpaired) electrons. The fourth-order valence-electron chi connectivity index (χ4n) is 3.91. The Morgan fingerprint density at radius 1 is 1.22 bits per heavy atom. The molecule has 0 saturated carbocycles. The summed E-state index contributed by atoms with van der Waals surface area (Å²) in [6.07, 6.45) is 2.83. The van der Waals surface area contributed by atoms with Crippen molar-refractivity contribution >= 4 is 33.8 Å². The van der Waals surface area contributed by atoms with Gasteiger partial charge in [-0.15, -0.1) is 11.3 Å². The van der Waals surface area contributed by atoms with Crippen molar-refractivity contribution in [2.24, 2.45) is 5.92 Å². The van der Waals surface area contributed by atoms with E-state index in [2.05, 4.69) is 17.6 Å². The lowest BCUT2D eigenvalue weighted by atomic mass is 9.88. The third-order valence-electron chi connectivity index (χ3n) is 5.31. The van der Waals surface area contributed by atoms with Crippen molar-refractivity contribution < 1.29 is 9.21 Å². The zero-order valence-corrected chi connectivity index (χ0v) is 16.4. The molecule has 6 heteroatoms. The summed E-state index contributed by atoms with van der Waals surface area (Å²) >= 11 is 7.79. The van der Waals surface area contributed by atoms with Gasteiger partial charge in [0.25, 0.3) is 5.91 Å². The molecule has 5 rings (SSSR count). The van der Waals surface area contributed by atoms with Crippen molar-refractivity contribution in [2.45, 2.75) is 32.4 Å². The molecule has 2 N–H and O–H groups in total. The minimum atomic E-state index is -0.365. The first kappa shape index (κ1) is 16.9. The van der Waals surface area contributed by atoms with Gasteiger partial charge in [0.2, 0.25) is 0 Å². The molecule has 1 aliphatic heterocycles. The van der Waals surface area contributed by atoms with Gasteiger partial charge in [0.1, 0.15) is 16.5 Å².